The standard InChI is InChI=1S/C12H19NO4/c1-4-7-16-9(3)12(15)17-8(2)11(14)13-10-5-6-10/h4,8-10H,1,5-7H2,2-3H3,(H,13,14). The van der Waals surface area contributed by atoms with Crippen molar-refractivity contribution in [3.8, 4) is 0 Å². The molecule has 17 heavy (non-hydrogen) atoms. The van der Waals surface area contributed by atoms with Gasteiger partial charge in [0.2, 0.25) is 0 Å². The molecule has 1 saturated carbocycles. The first-order valence-corrected chi connectivity index (χ1v) is 5.78. The fourth-order valence-electron chi connectivity index (χ4n) is 1.15. The molecule has 0 spiro atoms. The van der Waals surface area contributed by atoms with Crippen LogP contribution in [0.2, 0.25) is 0 Å². The molecule has 2 atom stereocenters. The molecule has 1 N–H and O–H groups in total. The lowest BCUT2D eigenvalue weighted by Gasteiger charge is -2.16. The van der Waals surface area contributed by atoms with Crippen molar-refractivity contribution < 1.29 is 19.1 Å². The van der Waals surface area contributed by atoms with Gasteiger partial charge in [0.1, 0.15) is 0 Å². The second-order valence-corrected chi connectivity index (χ2v) is 4.13. The number of ether oxygens (including phenoxy) is 2. The maximum Gasteiger partial charge on any atom is 0.335 e. The van der Waals surface area contributed by atoms with E-state index in [1.807, 2.05) is 0 Å². The van der Waals surface area contributed by atoms with Crippen molar-refractivity contribution in [2.24, 2.45) is 0 Å². The second kappa shape index (κ2) is 6.39. The van der Waals surface area contributed by atoms with E-state index in [2.05, 4.69) is 11.9 Å². The van der Waals surface area contributed by atoms with E-state index in [9.17, 15) is 9.59 Å². The zero-order chi connectivity index (χ0) is 12.8. The molecular formula is C12H19NO4. The van der Waals surface area contributed by atoms with Crippen LogP contribution >= 0.6 is 0 Å². The van der Waals surface area contributed by atoms with Gasteiger partial charge in [-0.05, 0) is 26.7 Å². The molecule has 0 saturated heterocycles. The highest BCUT2D eigenvalue weighted by Gasteiger charge is 2.28. The first kappa shape index (κ1) is 13.7. The lowest BCUT2D eigenvalue weighted by atomic mass is 10.3. The van der Waals surface area contributed by atoms with E-state index in [1.54, 1.807) is 19.9 Å². The molecule has 96 valence electrons. The van der Waals surface area contributed by atoms with Crippen molar-refractivity contribution >= 4 is 11.9 Å². The number of esters is 1. The van der Waals surface area contributed by atoms with Gasteiger partial charge in [0.15, 0.2) is 12.2 Å². The third-order valence-electron chi connectivity index (χ3n) is 2.38. The minimum absolute atomic E-state index is 0.253. The highest BCUT2D eigenvalue weighted by atomic mass is 16.6. The Bertz CT molecular complexity index is 299. The van der Waals surface area contributed by atoms with Gasteiger partial charge in [-0.3, -0.25) is 4.79 Å². The number of amides is 1. The molecular weight excluding hydrogens is 222 g/mol. The van der Waals surface area contributed by atoms with Crippen LogP contribution in [0.3, 0.4) is 0 Å². The lowest BCUT2D eigenvalue weighted by Crippen LogP contribution is -2.39. The molecule has 1 rings (SSSR count). The summed E-state index contributed by atoms with van der Waals surface area (Å²) in [7, 11) is 0. The van der Waals surface area contributed by atoms with Crippen LogP contribution in [0.1, 0.15) is 26.7 Å². The third-order valence-corrected chi connectivity index (χ3v) is 2.38. The normalized spacial score (nSPS) is 18.0. The average molecular weight is 241 g/mol. The van der Waals surface area contributed by atoms with Gasteiger partial charge in [-0.15, -0.1) is 6.58 Å². The Morgan fingerprint density at radius 3 is 2.59 bits per heavy atom. The highest BCUT2D eigenvalue weighted by molar-refractivity contribution is 5.84. The van der Waals surface area contributed by atoms with Gasteiger partial charge in [0, 0.05) is 6.04 Å². The molecule has 1 aliphatic carbocycles. The zero-order valence-electron chi connectivity index (χ0n) is 10.3. The van der Waals surface area contributed by atoms with Crippen molar-refractivity contribution in [2.75, 3.05) is 6.61 Å². The second-order valence-electron chi connectivity index (χ2n) is 4.13. The smallest absolute Gasteiger partial charge is 0.335 e. The van der Waals surface area contributed by atoms with Crippen LogP contribution in [0, 0.1) is 0 Å². The molecule has 5 nitrogen and oxygen atoms in total. The Morgan fingerprint density at radius 1 is 1.41 bits per heavy atom. The number of carbonyl (C=O) groups excluding carboxylic acids is 2. The summed E-state index contributed by atoms with van der Waals surface area (Å²) < 4.78 is 10.1. The van der Waals surface area contributed by atoms with Crippen molar-refractivity contribution in [3.63, 3.8) is 0 Å². The fraction of sp³-hybridized carbons (Fsp3) is 0.667. The van der Waals surface area contributed by atoms with Crippen LogP contribution in [0.15, 0.2) is 12.7 Å². The van der Waals surface area contributed by atoms with Gasteiger partial charge >= 0.3 is 5.97 Å². The number of hydrogen-bond donors (Lipinski definition) is 1. The Morgan fingerprint density at radius 2 is 2.06 bits per heavy atom. The molecule has 0 aliphatic heterocycles. The number of hydrogen-bond acceptors (Lipinski definition) is 4. The molecule has 0 aromatic carbocycles. The highest BCUT2D eigenvalue weighted by Crippen LogP contribution is 2.18. The van der Waals surface area contributed by atoms with Crippen LogP contribution in [-0.2, 0) is 19.1 Å². The van der Waals surface area contributed by atoms with E-state index >= 15 is 0 Å². The van der Waals surface area contributed by atoms with E-state index in [1.165, 1.54) is 0 Å². The summed E-state index contributed by atoms with van der Waals surface area (Å²) in [6, 6.07) is 0.262. The van der Waals surface area contributed by atoms with Gasteiger partial charge in [0.25, 0.3) is 5.91 Å². The summed E-state index contributed by atoms with van der Waals surface area (Å²) in [6.07, 6.45) is 2.09. The van der Waals surface area contributed by atoms with Gasteiger partial charge in [0.05, 0.1) is 6.61 Å². The molecule has 0 radical (unpaired) electrons. The van der Waals surface area contributed by atoms with Crippen LogP contribution < -0.4 is 5.32 Å². The number of carbonyl (C=O) groups is 2. The maximum absolute atomic E-state index is 11.5. The Balaban J connectivity index is 2.27. The minimum Gasteiger partial charge on any atom is -0.451 e. The van der Waals surface area contributed by atoms with Crippen LogP contribution in [0.4, 0.5) is 0 Å². The molecule has 1 amide bonds. The molecule has 2 unspecified atom stereocenters. The van der Waals surface area contributed by atoms with Crippen LogP contribution in [-0.4, -0.2) is 36.7 Å². The fourth-order valence-corrected chi connectivity index (χ4v) is 1.15. The Hall–Kier alpha value is -1.36. The third kappa shape index (κ3) is 4.99. The minimum atomic E-state index is -0.780. The van der Waals surface area contributed by atoms with Crippen molar-refractivity contribution in [2.45, 2.75) is 44.9 Å². The first-order chi connectivity index (χ1) is 8.04. The quantitative estimate of drug-likeness (QED) is 0.528. The molecule has 0 bridgehead atoms. The van der Waals surface area contributed by atoms with Gasteiger partial charge in [-0.25, -0.2) is 4.79 Å². The van der Waals surface area contributed by atoms with Gasteiger partial charge < -0.3 is 14.8 Å². The lowest BCUT2D eigenvalue weighted by molar-refractivity contribution is -0.164. The monoisotopic (exact) mass is 241 g/mol. The number of rotatable bonds is 7. The Labute approximate surface area is 101 Å². The Kier molecular flexibility index (Phi) is 5.15. The molecule has 1 aliphatic rings. The van der Waals surface area contributed by atoms with E-state index in [-0.39, 0.29) is 18.6 Å². The topological polar surface area (TPSA) is 64.6 Å². The molecule has 0 aromatic heterocycles. The largest absolute Gasteiger partial charge is 0.451 e. The van der Waals surface area contributed by atoms with Crippen molar-refractivity contribution in [3.05, 3.63) is 12.7 Å². The molecule has 0 heterocycles. The van der Waals surface area contributed by atoms with Gasteiger partial charge in [-0.2, -0.15) is 0 Å². The number of nitrogens with one attached hydrogen (secondary N) is 1. The van der Waals surface area contributed by atoms with Crippen LogP contribution in [0.25, 0.3) is 0 Å². The van der Waals surface area contributed by atoms with Crippen molar-refractivity contribution in [1.82, 2.24) is 5.32 Å². The average Bonchev–Trinajstić information content (AvgIpc) is 3.09. The van der Waals surface area contributed by atoms with Gasteiger partial charge in [-0.1, -0.05) is 6.08 Å². The summed E-state index contributed by atoms with van der Waals surface area (Å²) in [4.78, 5) is 23.0. The van der Waals surface area contributed by atoms with E-state index < -0.39 is 18.2 Å². The molecule has 1 fully saturated rings. The van der Waals surface area contributed by atoms with Crippen LogP contribution in [0.5, 0.6) is 0 Å². The van der Waals surface area contributed by atoms with Crippen molar-refractivity contribution in [1.29, 1.82) is 0 Å². The molecule has 5 heteroatoms. The maximum atomic E-state index is 11.5. The summed E-state index contributed by atoms with van der Waals surface area (Å²) >= 11 is 0. The molecule has 0 aromatic rings. The zero-order valence-corrected chi connectivity index (χ0v) is 10.3. The summed E-state index contributed by atoms with van der Waals surface area (Å²) in [5, 5.41) is 2.77. The summed E-state index contributed by atoms with van der Waals surface area (Å²) in [5.74, 6) is -0.790. The summed E-state index contributed by atoms with van der Waals surface area (Å²) in [6.45, 7) is 6.89. The predicted molar refractivity (Wildman–Crippen MR) is 62.3 cm³/mol. The predicted octanol–water partition coefficient (Wildman–Crippen LogP) is 0.788. The summed E-state index contributed by atoms with van der Waals surface area (Å²) in [5.41, 5.74) is 0. The first-order valence-electron chi connectivity index (χ1n) is 5.78. The SMILES string of the molecule is C=CCOC(C)C(=O)OC(C)C(=O)NC1CC1. The van der Waals surface area contributed by atoms with E-state index in [0.717, 1.165) is 12.8 Å². The van der Waals surface area contributed by atoms with E-state index in [4.69, 9.17) is 9.47 Å². The van der Waals surface area contributed by atoms with E-state index in [0.29, 0.717) is 0 Å².